The molecule has 0 amide bonds. The van der Waals surface area contributed by atoms with E-state index in [1.165, 1.54) is 0 Å². The molecule has 0 aromatic carbocycles. The molecule has 0 nitrogen and oxygen atoms in total. The van der Waals surface area contributed by atoms with Gasteiger partial charge >= 0.3 is 0 Å². The topological polar surface area (TPSA) is 0 Å². The largest absolute Gasteiger partial charge is 0.518 e. The summed E-state index contributed by atoms with van der Waals surface area (Å²) in [6.45, 7) is 15.3. The van der Waals surface area contributed by atoms with E-state index in [1.807, 2.05) is 26.8 Å². The maximum absolute atomic E-state index is 5.05. The number of hydrogen-bond donors (Lipinski definition) is 0. The van der Waals surface area contributed by atoms with Gasteiger partial charge in [0.25, 0.3) is 0 Å². The molecule has 0 unspecified atom stereocenters. The van der Waals surface area contributed by atoms with Crippen molar-refractivity contribution in [1.82, 2.24) is 0 Å². The summed E-state index contributed by atoms with van der Waals surface area (Å²) in [7, 11) is 0. The van der Waals surface area contributed by atoms with Crippen molar-refractivity contribution >= 4 is 0 Å². The Hall–Kier alpha value is 1.69. The quantitative estimate of drug-likeness (QED) is 0.678. The van der Waals surface area contributed by atoms with Gasteiger partial charge in [-0.2, -0.15) is 6.92 Å². The van der Waals surface area contributed by atoms with Crippen molar-refractivity contribution in [1.29, 1.82) is 0 Å². The van der Waals surface area contributed by atoms with E-state index >= 15 is 0 Å². The molecule has 0 aromatic rings. The van der Waals surface area contributed by atoms with Crippen molar-refractivity contribution < 1.29 is 65.4 Å². The van der Waals surface area contributed by atoms with Gasteiger partial charge in [-0.3, -0.25) is 12.2 Å². The van der Waals surface area contributed by atoms with Crippen LogP contribution >= 0.6 is 0 Å². The summed E-state index contributed by atoms with van der Waals surface area (Å²) >= 11 is 0. The Kier molecular flexibility index (Phi) is 35.7. The van der Waals surface area contributed by atoms with Crippen LogP contribution in [0.25, 0.3) is 0 Å². The average Bonchev–Trinajstić information content (AvgIpc) is 1.89. The molecule has 0 saturated carbocycles. The van der Waals surface area contributed by atoms with Crippen molar-refractivity contribution in [3.63, 3.8) is 0 Å². The Bertz CT molecular complexity index is 105. The minimum absolute atomic E-state index is 0. The number of allylic oxidation sites excluding steroid dienone is 3. The van der Waals surface area contributed by atoms with Gasteiger partial charge < -0.3 is 12.7 Å². The second-order valence-corrected chi connectivity index (χ2v) is 3.14. The van der Waals surface area contributed by atoms with Gasteiger partial charge in [0.15, 0.2) is 0 Å². The van der Waals surface area contributed by atoms with Crippen LogP contribution in [0, 0.1) is 24.5 Å². The molecular formula is C11H20Y2-2. The molecule has 0 aliphatic rings. The molecule has 72 valence electrons. The second kappa shape index (κ2) is 19.3. The predicted molar refractivity (Wildman–Crippen MR) is 52.0 cm³/mol. The third-order valence-electron chi connectivity index (χ3n) is 0.885. The summed E-state index contributed by atoms with van der Waals surface area (Å²) in [4.78, 5) is 0. The van der Waals surface area contributed by atoms with Crippen molar-refractivity contribution in [2.24, 2.45) is 11.8 Å². The second-order valence-electron chi connectivity index (χ2n) is 3.14. The molecule has 0 bridgehead atoms. The van der Waals surface area contributed by atoms with Gasteiger partial charge in [-0.15, -0.1) is 0 Å². The van der Waals surface area contributed by atoms with Crippen LogP contribution in [0.5, 0.6) is 0 Å². The van der Waals surface area contributed by atoms with Gasteiger partial charge in [0.2, 0.25) is 0 Å². The van der Waals surface area contributed by atoms with Crippen molar-refractivity contribution in [3.8, 4) is 0 Å². The van der Waals surface area contributed by atoms with Gasteiger partial charge in [-0.05, 0) is 0 Å². The summed E-state index contributed by atoms with van der Waals surface area (Å²) in [6.07, 6.45) is 6.65. The molecule has 2 heteroatoms. The molecule has 0 aromatic heterocycles. The van der Waals surface area contributed by atoms with Crippen LogP contribution in [0.15, 0.2) is 12.2 Å². The van der Waals surface area contributed by atoms with Gasteiger partial charge in [0, 0.05) is 65.4 Å². The van der Waals surface area contributed by atoms with Crippen molar-refractivity contribution in [3.05, 3.63) is 24.8 Å². The van der Waals surface area contributed by atoms with E-state index in [0.717, 1.165) is 0 Å². The van der Waals surface area contributed by atoms with Crippen molar-refractivity contribution in [2.75, 3.05) is 0 Å². The van der Waals surface area contributed by atoms with E-state index in [2.05, 4.69) is 19.9 Å². The number of rotatable bonds is 2. The first-order valence-electron chi connectivity index (χ1n) is 4.10. The van der Waals surface area contributed by atoms with E-state index in [1.54, 1.807) is 6.08 Å². The van der Waals surface area contributed by atoms with Crippen LogP contribution < -0.4 is 0 Å². The first-order chi connectivity index (χ1) is 5.04. The minimum Gasteiger partial charge on any atom is -0.518 e. The molecule has 0 rings (SSSR count). The summed E-state index contributed by atoms with van der Waals surface area (Å²) < 4.78 is 0. The first-order valence-corrected chi connectivity index (χ1v) is 4.10. The predicted octanol–water partition coefficient (Wildman–Crippen LogP) is 3.65. The monoisotopic (exact) mass is 330 g/mol. The van der Waals surface area contributed by atoms with Crippen LogP contribution in [0.1, 0.15) is 34.6 Å². The van der Waals surface area contributed by atoms with E-state index in [9.17, 15) is 0 Å². The van der Waals surface area contributed by atoms with Crippen molar-refractivity contribution in [2.45, 2.75) is 34.6 Å². The Morgan fingerprint density at radius 2 is 1.31 bits per heavy atom. The minimum atomic E-state index is 0. The SMILES string of the molecule is C[C-]=CC(C)C.[CH-]=CC(C)C.[Y].[Y]. The van der Waals surface area contributed by atoms with Crippen LogP contribution in [-0.2, 0) is 65.4 Å². The Balaban J connectivity index is -0.0000000546. The van der Waals surface area contributed by atoms with Gasteiger partial charge in [0.05, 0.1) is 0 Å². The standard InChI is InChI=1S/C6H11.C5H9.2Y/c1-4-5-6(2)3;1-4-5(2)3;;/h5-6H,1-3H3;1,4-5H,2-3H3;;/q2*-1;;. The summed E-state index contributed by atoms with van der Waals surface area (Å²) in [6, 6.07) is 0. The third-order valence-corrected chi connectivity index (χ3v) is 0.885. The molecule has 0 spiro atoms. The first kappa shape index (κ1) is 24.1. The summed E-state index contributed by atoms with van der Waals surface area (Å²) in [5.74, 6) is 1.20. The maximum atomic E-state index is 5.05. The smallest absolute Gasteiger partial charge is 0 e. The van der Waals surface area contributed by atoms with E-state index in [-0.39, 0.29) is 65.4 Å². The van der Waals surface area contributed by atoms with Gasteiger partial charge in [-0.25, -0.2) is 0 Å². The van der Waals surface area contributed by atoms with E-state index in [4.69, 9.17) is 6.58 Å². The Morgan fingerprint density at radius 3 is 1.31 bits per heavy atom. The van der Waals surface area contributed by atoms with E-state index in [0.29, 0.717) is 11.8 Å². The fraction of sp³-hybridized carbons (Fsp3) is 0.636. The normalized spacial score (nSPS) is 8.54. The van der Waals surface area contributed by atoms with Gasteiger partial charge in [-0.1, -0.05) is 39.5 Å². The molecule has 0 heterocycles. The molecule has 0 aliphatic heterocycles. The molecule has 0 aliphatic carbocycles. The zero-order valence-electron chi connectivity index (χ0n) is 9.54. The molecule has 0 fully saturated rings. The Morgan fingerprint density at radius 1 is 1.00 bits per heavy atom. The number of hydrogen-bond acceptors (Lipinski definition) is 0. The molecule has 13 heavy (non-hydrogen) atoms. The summed E-state index contributed by atoms with van der Waals surface area (Å²) in [5.41, 5.74) is 0. The average molecular weight is 330 g/mol. The fourth-order valence-electron chi connectivity index (χ4n) is 0.333. The maximum Gasteiger partial charge on any atom is 0 e. The molecular weight excluding hydrogens is 310 g/mol. The Labute approximate surface area is 135 Å². The molecule has 0 saturated heterocycles. The van der Waals surface area contributed by atoms with Crippen LogP contribution in [0.4, 0.5) is 0 Å². The molecule has 0 atom stereocenters. The van der Waals surface area contributed by atoms with Crippen LogP contribution in [0.3, 0.4) is 0 Å². The van der Waals surface area contributed by atoms with Crippen LogP contribution in [-0.4, -0.2) is 0 Å². The van der Waals surface area contributed by atoms with Crippen LogP contribution in [0.2, 0.25) is 0 Å². The molecule has 2 radical (unpaired) electrons. The third kappa shape index (κ3) is 41.8. The van der Waals surface area contributed by atoms with E-state index < -0.39 is 0 Å². The molecule has 0 N–H and O–H groups in total. The fourth-order valence-corrected chi connectivity index (χ4v) is 0.333. The zero-order chi connectivity index (χ0) is 9.28. The summed E-state index contributed by atoms with van der Waals surface area (Å²) in [5, 5.41) is 0. The zero-order valence-corrected chi connectivity index (χ0v) is 15.2. The van der Waals surface area contributed by atoms with Gasteiger partial charge in [0.1, 0.15) is 0 Å².